The Balaban J connectivity index is 3.12. The minimum atomic E-state index is -1.37. The number of hydrogen-bond acceptors (Lipinski definition) is 0. The van der Waals surface area contributed by atoms with Gasteiger partial charge in [0.05, 0.1) is 8.07 Å². The molecular weight excluding hydrogens is 328 g/mol. The summed E-state index contributed by atoms with van der Waals surface area (Å²) in [5.41, 5.74) is 5.95. The number of benzene rings is 1. The van der Waals surface area contributed by atoms with Gasteiger partial charge in [-0.05, 0) is 35.3 Å². The average molecular weight is 375 g/mol. The summed E-state index contributed by atoms with van der Waals surface area (Å²) in [7, 11) is -1.37. The van der Waals surface area contributed by atoms with E-state index in [2.05, 4.69) is 100 Å². The molecule has 0 N–H and O–H groups in total. The standard InChI is InChI=1S/C25H46Si/c1-18(2)24(16-25(9,10)11)23-14-12-22(13-15-23)17-26(19(3)4,20(5)6)21(7)8/h12-15,18-21,24H,16-17H2,1-11H3. The molecule has 26 heavy (non-hydrogen) atoms. The fraction of sp³-hybridized carbons (Fsp3) is 0.760. The molecule has 0 aromatic heterocycles. The first-order valence-corrected chi connectivity index (χ1v) is 13.3. The van der Waals surface area contributed by atoms with Gasteiger partial charge in [0.1, 0.15) is 0 Å². The van der Waals surface area contributed by atoms with Gasteiger partial charge in [-0.25, -0.2) is 0 Å². The second kappa shape index (κ2) is 9.09. The summed E-state index contributed by atoms with van der Waals surface area (Å²) in [6.07, 6.45) is 1.26. The monoisotopic (exact) mass is 374 g/mol. The summed E-state index contributed by atoms with van der Waals surface area (Å²) in [4.78, 5) is 0. The van der Waals surface area contributed by atoms with Gasteiger partial charge < -0.3 is 0 Å². The van der Waals surface area contributed by atoms with Crippen molar-refractivity contribution in [1.29, 1.82) is 0 Å². The second-order valence-corrected chi connectivity index (χ2v) is 17.2. The van der Waals surface area contributed by atoms with Gasteiger partial charge >= 0.3 is 0 Å². The van der Waals surface area contributed by atoms with E-state index in [4.69, 9.17) is 0 Å². The van der Waals surface area contributed by atoms with Crippen LogP contribution >= 0.6 is 0 Å². The Hall–Kier alpha value is -0.563. The van der Waals surface area contributed by atoms with E-state index in [1.54, 1.807) is 5.56 Å². The summed E-state index contributed by atoms with van der Waals surface area (Å²) in [6, 6.07) is 11.1. The number of rotatable bonds is 8. The van der Waals surface area contributed by atoms with Crippen LogP contribution in [0, 0.1) is 11.3 Å². The maximum absolute atomic E-state index is 2.47. The SMILES string of the molecule is CC(C)C(CC(C)(C)C)c1ccc(C[Si](C(C)C)(C(C)C)C(C)C)cc1. The normalized spacial score (nSPS) is 14.7. The molecule has 0 heterocycles. The summed E-state index contributed by atoms with van der Waals surface area (Å²) in [5.74, 6) is 1.35. The van der Waals surface area contributed by atoms with Gasteiger partial charge in [-0.15, -0.1) is 0 Å². The Morgan fingerprint density at radius 2 is 1.15 bits per heavy atom. The van der Waals surface area contributed by atoms with Gasteiger partial charge in [-0.2, -0.15) is 0 Å². The predicted molar refractivity (Wildman–Crippen MR) is 123 cm³/mol. The van der Waals surface area contributed by atoms with Gasteiger partial charge in [0.15, 0.2) is 0 Å². The summed E-state index contributed by atoms with van der Waals surface area (Å²) >= 11 is 0. The van der Waals surface area contributed by atoms with E-state index < -0.39 is 8.07 Å². The molecule has 0 aliphatic rings. The van der Waals surface area contributed by atoms with E-state index in [1.807, 2.05) is 0 Å². The topological polar surface area (TPSA) is 0 Å². The van der Waals surface area contributed by atoms with Crippen molar-refractivity contribution >= 4 is 8.07 Å². The van der Waals surface area contributed by atoms with Gasteiger partial charge in [0, 0.05) is 0 Å². The zero-order valence-electron chi connectivity index (χ0n) is 19.6. The molecule has 0 fully saturated rings. The van der Waals surface area contributed by atoms with Crippen molar-refractivity contribution in [3.8, 4) is 0 Å². The minimum absolute atomic E-state index is 0.378. The van der Waals surface area contributed by atoms with Gasteiger partial charge in [-0.1, -0.05) is 123 Å². The van der Waals surface area contributed by atoms with E-state index in [9.17, 15) is 0 Å². The highest BCUT2D eigenvalue weighted by Crippen LogP contribution is 2.44. The molecule has 0 saturated heterocycles. The van der Waals surface area contributed by atoms with Crippen LogP contribution in [0.25, 0.3) is 0 Å². The first-order chi connectivity index (χ1) is 11.8. The molecule has 1 unspecified atom stereocenters. The molecule has 1 heteroatoms. The molecule has 1 rings (SSSR count). The molecule has 0 aliphatic heterocycles. The van der Waals surface area contributed by atoms with Crippen LogP contribution in [-0.4, -0.2) is 8.07 Å². The highest BCUT2D eigenvalue weighted by atomic mass is 28.3. The Kier molecular flexibility index (Phi) is 8.20. The van der Waals surface area contributed by atoms with Gasteiger partial charge in [0.25, 0.3) is 0 Å². The van der Waals surface area contributed by atoms with Crippen LogP contribution in [-0.2, 0) is 6.04 Å². The first-order valence-electron chi connectivity index (χ1n) is 10.9. The average Bonchev–Trinajstić information content (AvgIpc) is 2.48. The highest BCUT2D eigenvalue weighted by Gasteiger charge is 2.42. The fourth-order valence-corrected chi connectivity index (χ4v) is 11.4. The molecule has 150 valence electrons. The van der Waals surface area contributed by atoms with Crippen molar-refractivity contribution in [3.63, 3.8) is 0 Å². The van der Waals surface area contributed by atoms with E-state index in [1.165, 1.54) is 18.0 Å². The molecule has 0 bridgehead atoms. The van der Waals surface area contributed by atoms with E-state index in [0.29, 0.717) is 17.3 Å². The van der Waals surface area contributed by atoms with Crippen molar-refractivity contribution in [2.75, 3.05) is 0 Å². The Bertz CT molecular complexity index is 506. The number of hydrogen-bond donors (Lipinski definition) is 0. The van der Waals surface area contributed by atoms with Crippen molar-refractivity contribution in [3.05, 3.63) is 35.4 Å². The fourth-order valence-electron chi connectivity index (χ4n) is 5.25. The molecule has 1 aromatic carbocycles. The lowest BCUT2D eigenvalue weighted by Crippen LogP contribution is -2.47. The van der Waals surface area contributed by atoms with Crippen LogP contribution in [0.4, 0.5) is 0 Å². The quantitative estimate of drug-likeness (QED) is 0.399. The van der Waals surface area contributed by atoms with Gasteiger partial charge in [-0.3, -0.25) is 0 Å². The maximum Gasteiger partial charge on any atom is 0.0656 e. The van der Waals surface area contributed by atoms with Crippen LogP contribution in [0.2, 0.25) is 16.6 Å². The lowest BCUT2D eigenvalue weighted by molar-refractivity contribution is 0.301. The molecule has 1 atom stereocenters. The molecule has 0 aliphatic carbocycles. The lowest BCUT2D eigenvalue weighted by Gasteiger charge is -2.43. The van der Waals surface area contributed by atoms with Crippen LogP contribution in [0.15, 0.2) is 24.3 Å². The van der Waals surface area contributed by atoms with Crippen LogP contribution in [0.3, 0.4) is 0 Å². The van der Waals surface area contributed by atoms with Crippen molar-refractivity contribution in [2.45, 2.75) is 111 Å². The minimum Gasteiger partial charge on any atom is -0.0651 e. The van der Waals surface area contributed by atoms with E-state index in [-0.39, 0.29) is 0 Å². The molecular formula is C25H46Si. The Morgan fingerprint density at radius 3 is 1.46 bits per heavy atom. The zero-order valence-corrected chi connectivity index (χ0v) is 20.6. The third-order valence-corrected chi connectivity index (χ3v) is 14.3. The third-order valence-electron chi connectivity index (χ3n) is 6.78. The second-order valence-electron chi connectivity index (χ2n) is 11.1. The highest BCUT2D eigenvalue weighted by molar-refractivity contribution is 6.83. The molecule has 0 nitrogen and oxygen atoms in total. The Morgan fingerprint density at radius 1 is 0.731 bits per heavy atom. The molecule has 1 aromatic rings. The van der Waals surface area contributed by atoms with Crippen molar-refractivity contribution in [1.82, 2.24) is 0 Å². The predicted octanol–water partition coefficient (Wildman–Crippen LogP) is 8.62. The zero-order chi connectivity index (χ0) is 20.3. The van der Waals surface area contributed by atoms with Crippen LogP contribution in [0.5, 0.6) is 0 Å². The molecule has 0 amide bonds. The van der Waals surface area contributed by atoms with Crippen molar-refractivity contribution < 1.29 is 0 Å². The van der Waals surface area contributed by atoms with Crippen molar-refractivity contribution in [2.24, 2.45) is 11.3 Å². The van der Waals surface area contributed by atoms with Crippen LogP contribution < -0.4 is 0 Å². The molecule has 0 spiro atoms. The summed E-state index contributed by atoms with van der Waals surface area (Å²) in [5, 5.41) is 0. The lowest BCUT2D eigenvalue weighted by atomic mass is 9.76. The Labute approximate surface area is 166 Å². The largest absolute Gasteiger partial charge is 0.0656 e. The first kappa shape index (κ1) is 23.5. The smallest absolute Gasteiger partial charge is 0.0651 e. The van der Waals surface area contributed by atoms with E-state index >= 15 is 0 Å². The van der Waals surface area contributed by atoms with Crippen LogP contribution in [0.1, 0.15) is 99.6 Å². The summed E-state index contributed by atoms with van der Waals surface area (Å²) in [6.45, 7) is 26.7. The van der Waals surface area contributed by atoms with Gasteiger partial charge in [0.2, 0.25) is 0 Å². The van der Waals surface area contributed by atoms with E-state index in [0.717, 1.165) is 16.6 Å². The maximum atomic E-state index is 2.47. The molecule has 0 saturated carbocycles. The summed E-state index contributed by atoms with van der Waals surface area (Å²) < 4.78 is 0. The third kappa shape index (κ3) is 5.71. The molecule has 0 radical (unpaired) electrons.